The van der Waals surface area contributed by atoms with E-state index in [1.165, 1.54) is 6.07 Å². The van der Waals surface area contributed by atoms with E-state index in [0.717, 1.165) is 17.1 Å². The molecule has 0 bridgehead atoms. The van der Waals surface area contributed by atoms with Gasteiger partial charge < -0.3 is 15.0 Å². The minimum Gasteiger partial charge on any atom is -0.383 e. The number of benzene rings is 1. The lowest BCUT2D eigenvalue weighted by molar-refractivity contribution is 0.199. The molecule has 2 aromatic rings. The maximum Gasteiger partial charge on any atom is 0.251 e. The summed E-state index contributed by atoms with van der Waals surface area (Å²) >= 11 is 1.65. The monoisotopic (exact) mass is 305 g/mol. The molecule has 0 saturated heterocycles. The maximum absolute atomic E-state index is 11.7. The highest BCUT2D eigenvalue weighted by Crippen LogP contribution is 2.20. The fraction of sp³-hybridized carbons (Fsp3) is 0.333. The van der Waals surface area contributed by atoms with Gasteiger partial charge in [0, 0.05) is 31.2 Å². The maximum atomic E-state index is 11.7. The number of hydrogen-bond acceptors (Lipinski definition) is 5. The highest BCUT2D eigenvalue weighted by atomic mass is 32.2. The molecular weight excluding hydrogens is 286 g/mol. The Morgan fingerprint density at radius 1 is 1.33 bits per heavy atom. The summed E-state index contributed by atoms with van der Waals surface area (Å²) in [6.45, 7) is 1.94. The van der Waals surface area contributed by atoms with Gasteiger partial charge in [0.15, 0.2) is 0 Å². The number of nitrogens with zero attached hydrogens (tertiary/aromatic N) is 1. The third-order valence-corrected chi connectivity index (χ3v) is 3.77. The third kappa shape index (κ3) is 5.71. The molecule has 0 radical (unpaired) electrons. The van der Waals surface area contributed by atoms with E-state index >= 15 is 0 Å². The van der Waals surface area contributed by atoms with Gasteiger partial charge in [-0.05, 0) is 12.1 Å². The second kappa shape index (κ2) is 8.61. The van der Waals surface area contributed by atoms with E-state index in [2.05, 4.69) is 15.3 Å². The minimum atomic E-state index is -0.114. The van der Waals surface area contributed by atoms with Crippen molar-refractivity contribution in [3.63, 3.8) is 0 Å². The number of ether oxygens (including phenoxy) is 1. The minimum absolute atomic E-state index is 0.114. The SMILES string of the molecule is COCCNCc1cc(=O)[nH]c(CSc2ccccc2)n1. The predicted octanol–water partition coefficient (Wildman–Crippen LogP) is 1.80. The summed E-state index contributed by atoms with van der Waals surface area (Å²) in [6, 6.07) is 11.6. The van der Waals surface area contributed by atoms with Crippen molar-refractivity contribution < 1.29 is 4.74 Å². The van der Waals surface area contributed by atoms with E-state index in [-0.39, 0.29) is 5.56 Å². The Hall–Kier alpha value is -1.63. The van der Waals surface area contributed by atoms with Crippen molar-refractivity contribution in [2.24, 2.45) is 0 Å². The fourth-order valence-corrected chi connectivity index (χ4v) is 2.57. The first kappa shape index (κ1) is 15.8. The first-order valence-electron chi connectivity index (χ1n) is 6.74. The molecule has 21 heavy (non-hydrogen) atoms. The Bertz CT molecular complexity index is 601. The number of hydrogen-bond donors (Lipinski definition) is 2. The molecule has 0 fully saturated rings. The summed E-state index contributed by atoms with van der Waals surface area (Å²) in [7, 11) is 1.66. The Labute approximate surface area is 128 Å². The Morgan fingerprint density at radius 3 is 2.90 bits per heavy atom. The van der Waals surface area contributed by atoms with E-state index in [1.54, 1.807) is 18.9 Å². The average Bonchev–Trinajstić information content (AvgIpc) is 2.50. The standard InChI is InChI=1S/C15H19N3O2S/c1-20-8-7-16-10-12-9-15(19)18-14(17-12)11-21-13-5-3-2-4-6-13/h2-6,9,16H,7-8,10-11H2,1H3,(H,17,18,19). The van der Waals surface area contributed by atoms with Crippen molar-refractivity contribution in [3.8, 4) is 0 Å². The number of thioether (sulfide) groups is 1. The number of aromatic amines is 1. The second-order valence-electron chi connectivity index (χ2n) is 4.45. The van der Waals surface area contributed by atoms with Crippen LogP contribution in [0.4, 0.5) is 0 Å². The van der Waals surface area contributed by atoms with Gasteiger partial charge in [-0.3, -0.25) is 4.79 Å². The summed E-state index contributed by atoms with van der Waals surface area (Å²) in [5.74, 6) is 1.34. The van der Waals surface area contributed by atoms with Crippen LogP contribution in [-0.2, 0) is 17.0 Å². The molecule has 2 rings (SSSR count). The van der Waals surface area contributed by atoms with Crippen molar-refractivity contribution in [3.05, 3.63) is 58.3 Å². The van der Waals surface area contributed by atoms with Crippen molar-refractivity contribution in [1.82, 2.24) is 15.3 Å². The third-order valence-electron chi connectivity index (χ3n) is 2.75. The van der Waals surface area contributed by atoms with Crippen LogP contribution in [0.1, 0.15) is 11.5 Å². The van der Waals surface area contributed by atoms with Crippen LogP contribution in [-0.4, -0.2) is 30.2 Å². The molecule has 112 valence electrons. The first-order chi connectivity index (χ1) is 10.3. The van der Waals surface area contributed by atoms with Gasteiger partial charge in [-0.1, -0.05) is 18.2 Å². The molecular formula is C15H19N3O2S. The Kier molecular flexibility index (Phi) is 6.46. The number of nitrogens with one attached hydrogen (secondary N) is 2. The van der Waals surface area contributed by atoms with E-state index in [9.17, 15) is 4.79 Å². The molecule has 1 aromatic carbocycles. The molecule has 0 unspecified atom stereocenters. The summed E-state index contributed by atoms with van der Waals surface area (Å²) in [6.07, 6.45) is 0. The van der Waals surface area contributed by atoms with Gasteiger partial charge in [-0.2, -0.15) is 0 Å². The van der Waals surface area contributed by atoms with E-state index in [0.29, 0.717) is 24.7 Å². The highest BCUT2D eigenvalue weighted by Gasteiger charge is 2.02. The molecule has 0 aliphatic carbocycles. The van der Waals surface area contributed by atoms with E-state index in [4.69, 9.17) is 4.74 Å². The van der Waals surface area contributed by atoms with Crippen LogP contribution < -0.4 is 10.9 Å². The molecule has 0 aliphatic heterocycles. The molecule has 0 atom stereocenters. The lowest BCUT2D eigenvalue weighted by atomic mass is 10.4. The van der Waals surface area contributed by atoms with Crippen molar-refractivity contribution in [2.75, 3.05) is 20.3 Å². The van der Waals surface area contributed by atoms with Gasteiger partial charge in [-0.15, -0.1) is 11.8 Å². The number of methoxy groups -OCH3 is 1. The second-order valence-corrected chi connectivity index (χ2v) is 5.50. The normalized spacial score (nSPS) is 10.7. The molecule has 0 spiro atoms. The van der Waals surface area contributed by atoms with Crippen LogP contribution in [0, 0.1) is 0 Å². The molecule has 5 nitrogen and oxygen atoms in total. The summed E-state index contributed by atoms with van der Waals surface area (Å²) in [5, 5.41) is 3.18. The van der Waals surface area contributed by atoms with Crippen LogP contribution in [0.5, 0.6) is 0 Å². The van der Waals surface area contributed by atoms with E-state index in [1.807, 2.05) is 30.3 Å². The summed E-state index contributed by atoms with van der Waals surface area (Å²) in [5.41, 5.74) is 0.635. The number of aromatic nitrogens is 2. The average molecular weight is 305 g/mol. The summed E-state index contributed by atoms with van der Waals surface area (Å²) < 4.78 is 4.96. The van der Waals surface area contributed by atoms with Gasteiger partial charge in [0.2, 0.25) is 0 Å². The zero-order valence-electron chi connectivity index (χ0n) is 12.0. The van der Waals surface area contributed by atoms with Gasteiger partial charge >= 0.3 is 0 Å². The van der Waals surface area contributed by atoms with Gasteiger partial charge in [0.1, 0.15) is 5.82 Å². The predicted molar refractivity (Wildman–Crippen MR) is 84.4 cm³/mol. The quantitative estimate of drug-likeness (QED) is 0.575. The topological polar surface area (TPSA) is 67.0 Å². The summed E-state index contributed by atoms with van der Waals surface area (Å²) in [4.78, 5) is 20.1. The van der Waals surface area contributed by atoms with Crippen LogP contribution in [0.15, 0.2) is 46.1 Å². The van der Waals surface area contributed by atoms with Crippen molar-refractivity contribution >= 4 is 11.8 Å². The van der Waals surface area contributed by atoms with Crippen LogP contribution >= 0.6 is 11.8 Å². The Morgan fingerprint density at radius 2 is 2.14 bits per heavy atom. The van der Waals surface area contributed by atoms with Gasteiger partial charge in [0.25, 0.3) is 5.56 Å². The number of rotatable bonds is 8. The molecule has 2 N–H and O–H groups in total. The molecule has 0 amide bonds. The van der Waals surface area contributed by atoms with E-state index < -0.39 is 0 Å². The smallest absolute Gasteiger partial charge is 0.251 e. The molecule has 1 aromatic heterocycles. The lowest BCUT2D eigenvalue weighted by Gasteiger charge is -2.06. The zero-order valence-corrected chi connectivity index (χ0v) is 12.8. The van der Waals surface area contributed by atoms with Crippen LogP contribution in [0.25, 0.3) is 0 Å². The molecule has 6 heteroatoms. The number of H-pyrrole nitrogens is 1. The molecule has 0 aliphatic rings. The van der Waals surface area contributed by atoms with Crippen molar-refractivity contribution in [1.29, 1.82) is 0 Å². The van der Waals surface area contributed by atoms with Crippen LogP contribution in [0.3, 0.4) is 0 Å². The molecule has 0 saturated carbocycles. The fourth-order valence-electron chi connectivity index (χ4n) is 1.78. The van der Waals surface area contributed by atoms with Crippen LogP contribution in [0.2, 0.25) is 0 Å². The van der Waals surface area contributed by atoms with Crippen molar-refractivity contribution in [2.45, 2.75) is 17.2 Å². The first-order valence-corrected chi connectivity index (χ1v) is 7.73. The highest BCUT2D eigenvalue weighted by molar-refractivity contribution is 7.98. The molecule has 1 heterocycles. The van der Waals surface area contributed by atoms with Gasteiger partial charge in [-0.25, -0.2) is 4.98 Å². The largest absolute Gasteiger partial charge is 0.383 e. The Balaban J connectivity index is 1.93. The zero-order chi connectivity index (χ0) is 14.9. The lowest BCUT2D eigenvalue weighted by Crippen LogP contribution is -2.21. The van der Waals surface area contributed by atoms with Gasteiger partial charge in [0.05, 0.1) is 18.1 Å².